The van der Waals surface area contributed by atoms with Crippen LogP contribution in [0.5, 0.6) is 11.5 Å². The lowest BCUT2D eigenvalue weighted by Crippen LogP contribution is -2.30. The third-order valence-electron chi connectivity index (χ3n) is 6.77. The Morgan fingerprint density at radius 3 is 2.26 bits per heavy atom. The Hall–Kier alpha value is -3.05. The molecule has 5 rings (SSSR count). The molecule has 0 bridgehead atoms. The Labute approximate surface area is 210 Å². The molecule has 0 amide bonds. The first-order valence-corrected chi connectivity index (χ1v) is 12.7. The molecule has 182 valence electrons. The summed E-state index contributed by atoms with van der Waals surface area (Å²) in [4.78, 5) is 26.2. The normalized spacial score (nSPS) is 18.3. The number of ether oxygens (including phenoxy) is 3. The van der Waals surface area contributed by atoms with Crippen molar-refractivity contribution in [3.8, 4) is 11.5 Å². The lowest BCUT2D eigenvalue weighted by Gasteiger charge is -2.36. The Bertz CT molecular complexity index is 1210. The molecule has 2 aromatic carbocycles. The summed E-state index contributed by atoms with van der Waals surface area (Å²) in [6.45, 7) is 4.71. The average molecular weight is 493 g/mol. The van der Waals surface area contributed by atoms with Crippen molar-refractivity contribution >= 4 is 23.2 Å². The van der Waals surface area contributed by atoms with Gasteiger partial charge in [-0.2, -0.15) is 0 Å². The zero-order valence-corrected chi connectivity index (χ0v) is 20.9. The highest BCUT2D eigenvalue weighted by molar-refractivity contribution is 6.32. The summed E-state index contributed by atoms with van der Waals surface area (Å²) < 4.78 is 18.2. The lowest BCUT2D eigenvalue weighted by atomic mass is 9.73. The van der Waals surface area contributed by atoms with Crippen LogP contribution in [0, 0.1) is 6.92 Å². The number of benzene rings is 2. The molecule has 0 saturated heterocycles. The molecule has 5 nitrogen and oxygen atoms in total. The quantitative estimate of drug-likeness (QED) is 0.446. The number of allylic oxidation sites excluding steroid dienone is 4. The van der Waals surface area contributed by atoms with Crippen molar-refractivity contribution in [2.75, 3.05) is 6.61 Å². The molecule has 0 spiro atoms. The number of hydrogen-bond acceptors (Lipinski definition) is 5. The van der Waals surface area contributed by atoms with Gasteiger partial charge in [-0.3, -0.25) is 9.59 Å². The number of Topliss-reactive ketones (excluding diaryl/α,β-unsaturated/α-hetero) is 2. The average Bonchev–Trinajstić information content (AvgIpc) is 2.83. The van der Waals surface area contributed by atoms with Crippen LogP contribution in [0.15, 0.2) is 59.1 Å². The summed E-state index contributed by atoms with van der Waals surface area (Å²) in [5, 5.41) is 0.390. The highest BCUT2D eigenvalue weighted by Gasteiger charge is 2.42. The summed E-state index contributed by atoms with van der Waals surface area (Å²) in [5.74, 6) is 1.95. The van der Waals surface area contributed by atoms with Gasteiger partial charge < -0.3 is 14.2 Å². The van der Waals surface area contributed by atoms with Gasteiger partial charge in [0.25, 0.3) is 0 Å². The van der Waals surface area contributed by atoms with E-state index >= 15 is 0 Å². The van der Waals surface area contributed by atoms with Gasteiger partial charge in [0.05, 0.1) is 11.6 Å². The van der Waals surface area contributed by atoms with Gasteiger partial charge in [-0.05, 0) is 49.9 Å². The van der Waals surface area contributed by atoms with Crippen LogP contribution in [0.3, 0.4) is 0 Å². The van der Waals surface area contributed by atoms with Crippen LogP contribution in [-0.4, -0.2) is 18.2 Å². The minimum atomic E-state index is -0.489. The van der Waals surface area contributed by atoms with E-state index < -0.39 is 5.92 Å². The van der Waals surface area contributed by atoms with Crippen molar-refractivity contribution in [2.45, 2.75) is 64.9 Å². The van der Waals surface area contributed by atoms with E-state index in [0.29, 0.717) is 78.1 Å². The van der Waals surface area contributed by atoms with Crippen LogP contribution in [-0.2, 0) is 20.9 Å². The highest BCUT2D eigenvalue weighted by atomic mass is 35.5. The zero-order valence-electron chi connectivity index (χ0n) is 20.1. The van der Waals surface area contributed by atoms with Gasteiger partial charge >= 0.3 is 0 Å². The van der Waals surface area contributed by atoms with Gasteiger partial charge in [0.1, 0.15) is 18.1 Å². The van der Waals surface area contributed by atoms with Crippen LogP contribution in [0.2, 0.25) is 5.02 Å². The third kappa shape index (κ3) is 4.62. The number of hydrogen-bond donors (Lipinski definition) is 0. The van der Waals surface area contributed by atoms with Gasteiger partial charge in [0.2, 0.25) is 0 Å². The molecular weight excluding hydrogens is 464 g/mol. The largest absolute Gasteiger partial charge is 0.490 e. The predicted molar refractivity (Wildman–Crippen MR) is 134 cm³/mol. The van der Waals surface area contributed by atoms with Gasteiger partial charge in [-0.15, -0.1) is 0 Å². The molecule has 1 aliphatic heterocycles. The van der Waals surface area contributed by atoms with Crippen LogP contribution >= 0.6 is 11.6 Å². The summed E-state index contributed by atoms with van der Waals surface area (Å²) in [5.41, 5.74) is 4.13. The van der Waals surface area contributed by atoms with E-state index in [1.54, 1.807) is 0 Å². The van der Waals surface area contributed by atoms with E-state index in [9.17, 15) is 9.59 Å². The first-order valence-electron chi connectivity index (χ1n) is 12.3. The molecule has 35 heavy (non-hydrogen) atoms. The van der Waals surface area contributed by atoms with Gasteiger partial charge in [0.15, 0.2) is 23.1 Å². The molecule has 0 fully saturated rings. The van der Waals surface area contributed by atoms with Crippen molar-refractivity contribution in [1.29, 1.82) is 0 Å². The molecule has 0 saturated carbocycles. The molecule has 2 aliphatic carbocycles. The van der Waals surface area contributed by atoms with Crippen LogP contribution in [0.4, 0.5) is 0 Å². The third-order valence-corrected chi connectivity index (χ3v) is 7.05. The van der Waals surface area contributed by atoms with E-state index in [4.69, 9.17) is 25.8 Å². The van der Waals surface area contributed by atoms with Crippen molar-refractivity contribution in [3.05, 3.63) is 80.8 Å². The van der Waals surface area contributed by atoms with Gasteiger partial charge in [0, 0.05) is 42.7 Å². The maximum Gasteiger partial charge on any atom is 0.180 e. The van der Waals surface area contributed by atoms with Crippen molar-refractivity contribution in [1.82, 2.24) is 0 Å². The molecule has 0 aromatic heterocycles. The number of carbonyl (C=O) groups is 2. The lowest BCUT2D eigenvalue weighted by molar-refractivity contribution is -0.117. The van der Waals surface area contributed by atoms with Gasteiger partial charge in [-0.25, -0.2) is 0 Å². The first-order chi connectivity index (χ1) is 17.0. The summed E-state index contributed by atoms with van der Waals surface area (Å²) in [6, 6.07) is 11.8. The van der Waals surface area contributed by atoms with Crippen LogP contribution in [0.1, 0.15) is 68.1 Å². The molecular formula is C29H29ClO5. The Kier molecular flexibility index (Phi) is 6.70. The molecule has 0 unspecified atom stereocenters. The highest BCUT2D eigenvalue weighted by Crippen LogP contribution is 2.50. The van der Waals surface area contributed by atoms with E-state index in [1.807, 2.05) is 44.2 Å². The summed E-state index contributed by atoms with van der Waals surface area (Å²) in [7, 11) is 0. The van der Waals surface area contributed by atoms with E-state index in [-0.39, 0.29) is 11.6 Å². The van der Waals surface area contributed by atoms with E-state index in [1.165, 1.54) is 0 Å². The fourth-order valence-electron chi connectivity index (χ4n) is 5.27. The minimum absolute atomic E-state index is 0.0371. The standard InChI is InChI=1S/C29H29ClO5/c1-3-33-25-15-19(14-20(30)29(25)34-16-18-8-4-7-17(2)13-18)26-27-21(31)9-5-11-23(27)35-24-12-6-10-22(32)28(24)26/h4,7-8,13-15,26H,3,5-6,9-12,16H2,1-2H3. The molecule has 0 N–H and O–H groups in total. The molecule has 3 aliphatic rings. The second-order valence-electron chi connectivity index (χ2n) is 9.30. The number of ketones is 2. The van der Waals surface area contributed by atoms with Gasteiger partial charge in [-0.1, -0.05) is 41.4 Å². The fraction of sp³-hybridized carbons (Fsp3) is 0.379. The molecule has 2 aromatic rings. The van der Waals surface area contributed by atoms with Crippen LogP contribution < -0.4 is 9.47 Å². The smallest absolute Gasteiger partial charge is 0.180 e. The maximum atomic E-state index is 13.1. The van der Waals surface area contributed by atoms with Crippen molar-refractivity contribution < 1.29 is 23.8 Å². The number of rotatable bonds is 6. The SMILES string of the molecule is CCOc1cc(C2C3=C(CCCC3=O)OC3=C2C(=O)CCC3)cc(Cl)c1OCc1cccc(C)c1. The monoisotopic (exact) mass is 492 g/mol. The topological polar surface area (TPSA) is 61.8 Å². The molecule has 0 radical (unpaired) electrons. The number of aryl methyl sites for hydroxylation is 1. The summed E-state index contributed by atoms with van der Waals surface area (Å²) >= 11 is 6.77. The zero-order chi connectivity index (χ0) is 24.5. The van der Waals surface area contributed by atoms with Crippen molar-refractivity contribution in [2.24, 2.45) is 0 Å². The van der Waals surface area contributed by atoms with E-state index in [2.05, 4.69) is 6.07 Å². The Morgan fingerprint density at radius 1 is 0.943 bits per heavy atom. The number of halogens is 1. The Balaban J connectivity index is 1.57. The maximum absolute atomic E-state index is 13.1. The number of carbonyl (C=O) groups excluding carboxylic acids is 2. The predicted octanol–water partition coefficient (Wildman–Crippen LogP) is 6.75. The molecule has 6 heteroatoms. The van der Waals surface area contributed by atoms with Crippen molar-refractivity contribution in [3.63, 3.8) is 0 Å². The second-order valence-corrected chi connectivity index (χ2v) is 9.71. The fourth-order valence-corrected chi connectivity index (χ4v) is 5.54. The summed E-state index contributed by atoms with van der Waals surface area (Å²) in [6.07, 6.45) is 3.84. The first kappa shape index (κ1) is 23.7. The van der Waals surface area contributed by atoms with Crippen LogP contribution in [0.25, 0.3) is 0 Å². The Morgan fingerprint density at radius 2 is 1.63 bits per heavy atom. The minimum Gasteiger partial charge on any atom is -0.490 e. The molecule has 1 heterocycles. The second kappa shape index (κ2) is 9.90. The van der Waals surface area contributed by atoms with E-state index in [0.717, 1.165) is 29.5 Å². The molecule has 0 atom stereocenters.